The van der Waals surface area contributed by atoms with Gasteiger partial charge < -0.3 is 9.15 Å². The van der Waals surface area contributed by atoms with Gasteiger partial charge in [0, 0.05) is 5.02 Å². The average Bonchev–Trinajstić information content (AvgIpc) is 2.47. The first-order chi connectivity index (χ1) is 10.4. The van der Waals surface area contributed by atoms with Crippen LogP contribution in [0.3, 0.4) is 0 Å². The average molecular weight is 321 g/mol. The molecular formula is C16H13ClO5. The summed E-state index contributed by atoms with van der Waals surface area (Å²) in [5, 5.41) is 0.658. The first-order valence-electron chi connectivity index (χ1n) is 6.55. The molecule has 0 aliphatic carbocycles. The van der Waals surface area contributed by atoms with Gasteiger partial charge in [-0.1, -0.05) is 11.6 Å². The number of ether oxygens (including phenoxy) is 1. The number of hydrogen-bond donors (Lipinski definition) is 0. The van der Waals surface area contributed by atoms with Crippen molar-refractivity contribution in [2.45, 2.75) is 13.8 Å². The van der Waals surface area contributed by atoms with Gasteiger partial charge in [0.15, 0.2) is 11.2 Å². The van der Waals surface area contributed by atoms with Crippen molar-refractivity contribution in [2.24, 2.45) is 0 Å². The second-order valence-corrected chi connectivity index (χ2v) is 4.93. The number of carbonyl (C=O) groups is 2. The number of rotatable bonds is 4. The van der Waals surface area contributed by atoms with Crippen LogP contribution < -0.4 is 5.43 Å². The number of carbonyl (C=O) groups excluding carboxylic acids is 2. The molecule has 0 aliphatic rings. The van der Waals surface area contributed by atoms with E-state index in [0.717, 1.165) is 0 Å². The van der Waals surface area contributed by atoms with Gasteiger partial charge in [-0.3, -0.25) is 9.59 Å². The van der Waals surface area contributed by atoms with E-state index < -0.39 is 11.8 Å². The Labute approximate surface area is 131 Å². The van der Waals surface area contributed by atoms with Crippen molar-refractivity contribution in [3.8, 4) is 0 Å². The SMILES string of the molecule is CCOC(=O)/C(=C/c1coc2ccc(Cl)cc2c1=O)C(C)=O. The van der Waals surface area contributed by atoms with Gasteiger partial charge in [0.1, 0.15) is 17.4 Å². The zero-order valence-electron chi connectivity index (χ0n) is 12.0. The fraction of sp³-hybridized carbons (Fsp3) is 0.188. The van der Waals surface area contributed by atoms with E-state index in [2.05, 4.69) is 0 Å². The van der Waals surface area contributed by atoms with Gasteiger partial charge in [-0.05, 0) is 38.1 Å². The maximum absolute atomic E-state index is 12.4. The summed E-state index contributed by atoms with van der Waals surface area (Å²) in [6, 6.07) is 4.64. The number of fused-ring (bicyclic) bond motifs is 1. The minimum absolute atomic E-state index is 0.0769. The van der Waals surface area contributed by atoms with Gasteiger partial charge in [-0.25, -0.2) is 4.79 Å². The normalized spacial score (nSPS) is 11.5. The van der Waals surface area contributed by atoms with Crippen LogP contribution in [0.4, 0.5) is 0 Å². The van der Waals surface area contributed by atoms with Gasteiger partial charge in [-0.15, -0.1) is 0 Å². The molecule has 1 aromatic heterocycles. The molecule has 0 unspecified atom stereocenters. The first-order valence-corrected chi connectivity index (χ1v) is 6.92. The Morgan fingerprint density at radius 3 is 2.73 bits per heavy atom. The lowest BCUT2D eigenvalue weighted by molar-refractivity contribution is -0.139. The minimum atomic E-state index is -0.777. The second-order valence-electron chi connectivity index (χ2n) is 4.50. The molecule has 6 heteroatoms. The van der Waals surface area contributed by atoms with Crippen molar-refractivity contribution in [3.63, 3.8) is 0 Å². The molecule has 0 spiro atoms. The minimum Gasteiger partial charge on any atom is -0.463 e. The van der Waals surface area contributed by atoms with Crippen LogP contribution in [0.1, 0.15) is 19.4 Å². The Morgan fingerprint density at radius 1 is 1.36 bits per heavy atom. The summed E-state index contributed by atoms with van der Waals surface area (Å²) < 4.78 is 10.1. The fourth-order valence-corrected chi connectivity index (χ4v) is 2.06. The summed E-state index contributed by atoms with van der Waals surface area (Å²) in [6.45, 7) is 2.98. The highest BCUT2D eigenvalue weighted by Gasteiger charge is 2.17. The molecular weight excluding hydrogens is 308 g/mol. The summed E-state index contributed by atoms with van der Waals surface area (Å²) in [5.41, 5.74) is -0.151. The molecule has 0 fully saturated rings. The summed E-state index contributed by atoms with van der Waals surface area (Å²) >= 11 is 5.87. The maximum atomic E-state index is 12.4. The van der Waals surface area contributed by atoms with Crippen molar-refractivity contribution in [1.82, 2.24) is 0 Å². The van der Waals surface area contributed by atoms with Crippen LogP contribution in [0, 0.1) is 0 Å². The van der Waals surface area contributed by atoms with Gasteiger partial charge >= 0.3 is 5.97 Å². The molecule has 0 saturated carbocycles. The van der Waals surface area contributed by atoms with E-state index in [1.54, 1.807) is 19.1 Å². The lowest BCUT2D eigenvalue weighted by atomic mass is 10.1. The van der Waals surface area contributed by atoms with Gasteiger partial charge in [0.2, 0.25) is 0 Å². The quantitative estimate of drug-likeness (QED) is 0.375. The van der Waals surface area contributed by atoms with Gasteiger partial charge in [-0.2, -0.15) is 0 Å². The maximum Gasteiger partial charge on any atom is 0.341 e. The second kappa shape index (κ2) is 6.58. The molecule has 0 radical (unpaired) electrons. The zero-order chi connectivity index (χ0) is 16.3. The van der Waals surface area contributed by atoms with Crippen LogP contribution in [-0.2, 0) is 14.3 Å². The first kappa shape index (κ1) is 16.0. The standard InChI is InChI=1S/C16H13ClO5/c1-3-21-16(20)12(9(2)18)6-10-8-22-14-5-4-11(17)7-13(14)15(10)19/h4-8H,3H2,1-2H3/b12-6+. The number of ketones is 1. The molecule has 5 nitrogen and oxygen atoms in total. The molecule has 0 bridgehead atoms. The van der Waals surface area contributed by atoms with E-state index >= 15 is 0 Å². The molecule has 2 aromatic rings. The number of esters is 1. The Balaban J connectivity index is 2.60. The molecule has 0 amide bonds. The third kappa shape index (κ3) is 3.26. The van der Waals surface area contributed by atoms with E-state index in [1.165, 1.54) is 25.3 Å². The molecule has 22 heavy (non-hydrogen) atoms. The van der Waals surface area contributed by atoms with Crippen molar-refractivity contribution in [2.75, 3.05) is 6.61 Å². The van der Waals surface area contributed by atoms with Crippen molar-refractivity contribution >= 4 is 40.4 Å². The van der Waals surface area contributed by atoms with Crippen LogP contribution in [0.25, 0.3) is 17.0 Å². The Kier molecular flexibility index (Phi) is 4.78. The Hall–Kier alpha value is -2.40. The Bertz CT molecular complexity index is 832. The predicted octanol–water partition coefficient (Wildman–Crippen LogP) is 2.98. The van der Waals surface area contributed by atoms with Crippen molar-refractivity contribution in [3.05, 3.63) is 50.8 Å². The highest BCUT2D eigenvalue weighted by molar-refractivity contribution is 6.31. The predicted molar refractivity (Wildman–Crippen MR) is 82.8 cm³/mol. The molecule has 0 N–H and O–H groups in total. The van der Waals surface area contributed by atoms with Crippen LogP contribution in [0.15, 0.2) is 39.2 Å². The van der Waals surface area contributed by atoms with Crippen LogP contribution in [-0.4, -0.2) is 18.4 Å². The number of hydrogen-bond acceptors (Lipinski definition) is 5. The number of Topliss-reactive ketones (excluding diaryl/α,β-unsaturated/α-hetero) is 1. The van der Waals surface area contributed by atoms with E-state index in [1.807, 2.05) is 0 Å². The van der Waals surface area contributed by atoms with E-state index in [4.69, 9.17) is 20.8 Å². The monoisotopic (exact) mass is 320 g/mol. The molecule has 0 atom stereocenters. The summed E-state index contributed by atoms with van der Waals surface area (Å²) in [6.07, 6.45) is 2.37. The molecule has 0 saturated heterocycles. The fourth-order valence-electron chi connectivity index (χ4n) is 1.89. The Morgan fingerprint density at radius 2 is 2.09 bits per heavy atom. The molecule has 114 valence electrons. The molecule has 2 rings (SSSR count). The molecule has 1 aromatic carbocycles. The third-order valence-corrected chi connectivity index (χ3v) is 3.17. The van der Waals surface area contributed by atoms with Crippen LogP contribution in [0.2, 0.25) is 5.02 Å². The van der Waals surface area contributed by atoms with Crippen LogP contribution >= 0.6 is 11.6 Å². The van der Waals surface area contributed by atoms with Crippen LogP contribution in [0.5, 0.6) is 0 Å². The lowest BCUT2D eigenvalue weighted by Crippen LogP contribution is -2.15. The van der Waals surface area contributed by atoms with Crippen molar-refractivity contribution < 1.29 is 18.7 Å². The summed E-state index contributed by atoms with van der Waals surface area (Å²) in [7, 11) is 0. The van der Waals surface area contributed by atoms with E-state index in [0.29, 0.717) is 10.6 Å². The van der Waals surface area contributed by atoms with E-state index in [-0.39, 0.29) is 28.6 Å². The van der Waals surface area contributed by atoms with Gasteiger partial charge in [0.05, 0.1) is 17.6 Å². The highest BCUT2D eigenvalue weighted by Crippen LogP contribution is 2.18. The number of halogens is 1. The number of benzene rings is 1. The lowest BCUT2D eigenvalue weighted by Gasteiger charge is -2.04. The largest absolute Gasteiger partial charge is 0.463 e. The molecule has 0 aliphatic heterocycles. The summed E-state index contributed by atoms with van der Waals surface area (Å²) in [5.74, 6) is -1.27. The summed E-state index contributed by atoms with van der Waals surface area (Å²) in [4.78, 5) is 35.7. The zero-order valence-corrected chi connectivity index (χ0v) is 12.8. The van der Waals surface area contributed by atoms with E-state index in [9.17, 15) is 14.4 Å². The third-order valence-electron chi connectivity index (χ3n) is 2.94. The molecule has 1 heterocycles. The smallest absolute Gasteiger partial charge is 0.341 e. The highest BCUT2D eigenvalue weighted by atomic mass is 35.5. The van der Waals surface area contributed by atoms with Crippen molar-refractivity contribution in [1.29, 1.82) is 0 Å². The van der Waals surface area contributed by atoms with Gasteiger partial charge in [0.25, 0.3) is 0 Å². The topological polar surface area (TPSA) is 73.6 Å².